The first-order valence-electron chi connectivity index (χ1n) is 19.2. The number of para-hydroxylation sites is 1. The summed E-state index contributed by atoms with van der Waals surface area (Å²) in [4.78, 5) is 2.38. The Balaban J connectivity index is 1.12. The first kappa shape index (κ1) is 33.2. The summed E-state index contributed by atoms with van der Waals surface area (Å²) in [5, 5.41) is 2.48. The number of nitrogens with zero attached hydrogens (tertiary/aromatic N) is 2. The molecule has 1 aromatic heterocycles. The van der Waals surface area contributed by atoms with E-state index in [0.29, 0.717) is 0 Å². The summed E-state index contributed by atoms with van der Waals surface area (Å²) in [5.41, 5.74) is 16.4. The lowest BCUT2D eigenvalue weighted by Gasteiger charge is -2.26. The SMILES string of the molecule is c1ccc(-c2ccc(-c3ccc(N(c4ccc(-c5ccccc5)cc4)c4ccc5c6c(-c7ccccc7)cccc6n(-c6ccccc6)c5c4)cc3)cc2)cc1. The molecule has 264 valence electrons. The molecule has 56 heavy (non-hydrogen) atoms. The summed E-state index contributed by atoms with van der Waals surface area (Å²) in [7, 11) is 0. The highest BCUT2D eigenvalue weighted by Crippen LogP contribution is 2.43. The Labute approximate surface area is 327 Å². The molecule has 9 aromatic carbocycles. The minimum Gasteiger partial charge on any atom is -0.310 e. The monoisotopic (exact) mass is 714 g/mol. The Bertz CT molecular complexity index is 2900. The summed E-state index contributed by atoms with van der Waals surface area (Å²) in [6.07, 6.45) is 0. The molecule has 0 spiro atoms. The fourth-order valence-electron chi connectivity index (χ4n) is 8.08. The van der Waals surface area contributed by atoms with Gasteiger partial charge in [0.25, 0.3) is 0 Å². The van der Waals surface area contributed by atoms with Crippen LogP contribution < -0.4 is 4.90 Å². The van der Waals surface area contributed by atoms with Gasteiger partial charge in [0.1, 0.15) is 0 Å². The molecule has 0 radical (unpaired) electrons. The minimum absolute atomic E-state index is 1.09. The van der Waals surface area contributed by atoms with Gasteiger partial charge in [-0.2, -0.15) is 0 Å². The van der Waals surface area contributed by atoms with Crippen molar-refractivity contribution in [2.24, 2.45) is 0 Å². The van der Waals surface area contributed by atoms with Crippen LogP contribution in [0.2, 0.25) is 0 Å². The number of hydrogen-bond acceptors (Lipinski definition) is 1. The molecule has 0 unspecified atom stereocenters. The van der Waals surface area contributed by atoms with E-state index in [1.54, 1.807) is 0 Å². The van der Waals surface area contributed by atoms with Crippen molar-refractivity contribution in [1.29, 1.82) is 0 Å². The van der Waals surface area contributed by atoms with Crippen molar-refractivity contribution < 1.29 is 0 Å². The van der Waals surface area contributed by atoms with Crippen LogP contribution in [0.15, 0.2) is 231 Å². The van der Waals surface area contributed by atoms with E-state index in [-0.39, 0.29) is 0 Å². The molecule has 0 saturated heterocycles. The lowest BCUT2D eigenvalue weighted by atomic mass is 9.99. The number of hydrogen-bond donors (Lipinski definition) is 0. The molecule has 0 aliphatic heterocycles. The maximum Gasteiger partial charge on any atom is 0.0562 e. The molecule has 2 heteroatoms. The Hall–Kier alpha value is -7.42. The molecule has 0 saturated carbocycles. The lowest BCUT2D eigenvalue weighted by molar-refractivity contribution is 1.18. The number of rotatable bonds is 8. The Morgan fingerprint density at radius 1 is 0.286 bits per heavy atom. The largest absolute Gasteiger partial charge is 0.310 e. The predicted molar refractivity (Wildman–Crippen MR) is 237 cm³/mol. The van der Waals surface area contributed by atoms with Crippen LogP contribution in [0.5, 0.6) is 0 Å². The van der Waals surface area contributed by atoms with E-state index in [9.17, 15) is 0 Å². The van der Waals surface area contributed by atoms with Gasteiger partial charge in [0.05, 0.1) is 11.0 Å². The van der Waals surface area contributed by atoms with E-state index in [0.717, 1.165) is 28.3 Å². The van der Waals surface area contributed by atoms with Crippen LogP contribution in [0.4, 0.5) is 17.1 Å². The smallest absolute Gasteiger partial charge is 0.0562 e. The van der Waals surface area contributed by atoms with Crippen LogP contribution in [0.25, 0.3) is 72.0 Å². The molecule has 0 aliphatic carbocycles. The number of fused-ring (bicyclic) bond motifs is 3. The standard InChI is InChI=1S/C54H38N2/c1-5-14-39(15-6-1)41-24-26-42(27-25-41)44-30-34-48(35-31-44)55(47-32-28-43(29-33-47)40-16-7-2-8-17-40)49-36-37-51-53(38-49)56(46-20-11-4-12-21-46)52-23-13-22-50(54(51)52)45-18-9-3-10-19-45/h1-38H. The van der Waals surface area contributed by atoms with Gasteiger partial charge in [-0.1, -0.05) is 176 Å². The van der Waals surface area contributed by atoms with Gasteiger partial charge in [-0.05, 0) is 99.1 Å². The average molecular weight is 715 g/mol. The summed E-state index contributed by atoms with van der Waals surface area (Å²) in [6, 6.07) is 83.0. The second-order valence-electron chi connectivity index (χ2n) is 14.2. The molecule has 0 fully saturated rings. The Morgan fingerprint density at radius 2 is 0.696 bits per heavy atom. The van der Waals surface area contributed by atoms with Gasteiger partial charge in [-0.25, -0.2) is 0 Å². The van der Waals surface area contributed by atoms with E-state index in [1.165, 1.54) is 60.8 Å². The van der Waals surface area contributed by atoms with Crippen LogP contribution in [0.3, 0.4) is 0 Å². The highest BCUT2D eigenvalue weighted by Gasteiger charge is 2.20. The molecule has 1 heterocycles. The highest BCUT2D eigenvalue weighted by molar-refractivity contribution is 6.16. The van der Waals surface area contributed by atoms with Crippen LogP contribution in [-0.4, -0.2) is 4.57 Å². The predicted octanol–water partition coefficient (Wildman–Crippen LogP) is 14.9. The first-order chi connectivity index (χ1) is 27.8. The molecule has 0 amide bonds. The lowest BCUT2D eigenvalue weighted by Crippen LogP contribution is -2.10. The summed E-state index contributed by atoms with van der Waals surface area (Å²) in [6.45, 7) is 0. The van der Waals surface area contributed by atoms with E-state index < -0.39 is 0 Å². The minimum atomic E-state index is 1.09. The molecule has 0 N–H and O–H groups in total. The van der Waals surface area contributed by atoms with E-state index in [4.69, 9.17) is 0 Å². The number of benzene rings is 9. The third kappa shape index (κ3) is 6.14. The van der Waals surface area contributed by atoms with Crippen molar-refractivity contribution in [3.63, 3.8) is 0 Å². The second-order valence-corrected chi connectivity index (χ2v) is 14.2. The van der Waals surface area contributed by atoms with Crippen LogP contribution >= 0.6 is 0 Å². The van der Waals surface area contributed by atoms with Crippen LogP contribution in [0, 0.1) is 0 Å². The fraction of sp³-hybridized carbons (Fsp3) is 0. The van der Waals surface area contributed by atoms with Gasteiger partial charge < -0.3 is 9.47 Å². The highest BCUT2D eigenvalue weighted by atomic mass is 15.1. The maximum atomic E-state index is 2.42. The summed E-state index contributed by atoms with van der Waals surface area (Å²) < 4.78 is 2.42. The Kier molecular flexibility index (Phi) is 8.55. The van der Waals surface area contributed by atoms with Gasteiger partial charge in [0, 0.05) is 33.5 Å². The molecule has 0 atom stereocenters. The van der Waals surface area contributed by atoms with Gasteiger partial charge >= 0.3 is 0 Å². The van der Waals surface area contributed by atoms with Crippen molar-refractivity contribution in [2.75, 3.05) is 4.90 Å². The van der Waals surface area contributed by atoms with Gasteiger partial charge in [-0.3, -0.25) is 0 Å². The topological polar surface area (TPSA) is 8.17 Å². The van der Waals surface area contributed by atoms with Crippen molar-refractivity contribution in [3.8, 4) is 50.2 Å². The molecule has 10 aromatic rings. The van der Waals surface area contributed by atoms with E-state index in [1.807, 2.05) is 0 Å². The van der Waals surface area contributed by atoms with Crippen molar-refractivity contribution in [3.05, 3.63) is 231 Å². The summed E-state index contributed by atoms with van der Waals surface area (Å²) >= 11 is 0. The van der Waals surface area contributed by atoms with Crippen molar-refractivity contribution in [2.45, 2.75) is 0 Å². The van der Waals surface area contributed by atoms with Gasteiger partial charge in [-0.15, -0.1) is 0 Å². The zero-order valence-electron chi connectivity index (χ0n) is 30.8. The quantitative estimate of drug-likeness (QED) is 0.152. The molecular weight excluding hydrogens is 677 g/mol. The molecule has 0 bridgehead atoms. The molecular formula is C54H38N2. The Morgan fingerprint density at radius 3 is 1.20 bits per heavy atom. The van der Waals surface area contributed by atoms with Crippen molar-refractivity contribution in [1.82, 2.24) is 4.57 Å². The van der Waals surface area contributed by atoms with E-state index in [2.05, 4.69) is 240 Å². The molecule has 10 rings (SSSR count). The van der Waals surface area contributed by atoms with Gasteiger partial charge in [0.15, 0.2) is 0 Å². The number of anilines is 3. The van der Waals surface area contributed by atoms with Crippen molar-refractivity contribution >= 4 is 38.9 Å². The van der Waals surface area contributed by atoms with Crippen LogP contribution in [0.1, 0.15) is 0 Å². The average Bonchev–Trinajstić information content (AvgIpc) is 3.62. The maximum absolute atomic E-state index is 2.42. The van der Waals surface area contributed by atoms with E-state index >= 15 is 0 Å². The third-order valence-corrected chi connectivity index (χ3v) is 10.8. The number of aromatic nitrogens is 1. The normalized spacial score (nSPS) is 11.2. The summed E-state index contributed by atoms with van der Waals surface area (Å²) in [5.74, 6) is 0. The van der Waals surface area contributed by atoms with Gasteiger partial charge in [0.2, 0.25) is 0 Å². The third-order valence-electron chi connectivity index (χ3n) is 10.8. The van der Waals surface area contributed by atoms with Crippen LogP contribution in [-0.2, 0) is 0 Å². The second kappa shape index (κ2) is 14.4. The fourth-order valence-corrected chi connectivity index (χ4v) is 8.08. The molecule has 2 nitrogen and oxygen atoms in total. The molecule has 0 aliphatic rings. The first-order valence-corrected chi connectivity index (χ1v) is 19.2. The zero-order chi connectivity index (χ0) is 37.3. The zero-order valence-corrected chi connectivity index (χ0v) is 30.8.